The van der Waals surface area contributed by atoms with Crippen molar-refractivity contribution < 1.29 is 13.2 Å². The minimum atomic E-state index is -3.45. The zero-order valence-electron chi connectivity index (χ0n) is 17.4. The average Bonchev–Trinajstić information content (AvgIpc) is 2.82. The van der Waals surface area contributed by atoms with Crippen LogP contribution in [0.1, 0.15) is 15.9 Å². The molecule has 0 saturated carbocycles. The monoisotopic (exact) mass is 469 g/mol. The lowest BCUT2D eigenvalue weighted by molar-refractivity contribution is 0.102. The van der Waals surface area contributed by atoms with Crippen LogP contribution in [0.3, 0.4) is 0 Å². The molecule has 8 heteroatoms. The highest BCUT2D eigenvalue weighted by atomic mass is 35.5. The SMILES string of the molecule is O=C(Nc1ccc(Cl)cc1)c1ccc(CN2CCN(S(=O)(=O)c3ccccc3)CC2)cc1. The summed E-state index contributed by atoms with van der Waals surface area (Å²) in [6.45, 7) is 2.94. The van der Waals surface area contributed by atoms with E-state index in [0.29, 0.717) is 53.9 Å². The second-order valence-electron chi connectivity index (χ2n) is 7.65. The summed E-state index contributed by atoms with van der Waals surface area (Å²) in [6, 6.07) is 23.0. The normalized spacial score (nSPS) is 15.4. The van der Waals surface area contributed by atoms with Gasteiger partial charge in [0, 0.05) is 49.0 Å². The second-order valence-corrected chi connectivity index (χ2v) is 10.0. The Bertz CT molecular complexity index is 1160. The molecule has 1 heterocycles. The molecule has 0 aliphatic carbocycles. The number of rotatable bonds is 6. The van der Waals surface area contributed by atoms with E-state index in [-0.39, 0.29) is 5.91 Å². The van der Waals surface area contributed by atoms with Crippen LogP contribution in [0, 0.1) is 0 Å². The molecular formula is C24H24ClN3O3S. The zero-order valence-corrected chi connectivity index (χ0v) is 19.0. The molecule has 0 spiro atoms. The van der Waals surface area contributed by atoms with Gasteiger partial charge in [0.15, 0.2) is 0 Å². The standard InChI is InChI=1S/C24H24ClN3O3S/c25-21-10-12-22(13-11-21)26-24(29)20-8-6-19(7-9-20)18-27-14-16-28(17-15-27)32(30,31)23-4-2-1-3-5-23/h1-13H,14-18H2,(H,26,29). The van der Waals surface area contributed by atoms with Gasteiger partial charge in [-0.1, -0.05) is 41.9 Å². The van der Waals surface area contributed by atoms with E-state index in [4.69, 9.17) is 11.6 Å². The fourth-order valence-corrected chi connectivity index (χ4v) is 5.19. The minimum absolute atomic E-state index is 0.182. The van der Waals surface area contributed by atoms with E-state index in [1.54, 1.807) is 65.0 Å². The van der Waals surface area contributed by atoms with Crippen LogP contribution in [-0.4, -0.2) is 49.7 Å². The van der Waals surface area contributed by atoms with Crippen molar-refractivity contribution in [3.63, 3.8) is 0 Å². The first kappa shape index (κ1) is 22.5. The Morgan fingerprint density at radius 2 is 1.47 bits per heavy atom. The first-order valence-electron chi connectivity index (χ1n) is 10.4. The van der Waals surface area contributed by atoms with Crippen LogP contribution < -0.4 is 5.32 Å². The number of nitrogens with zero attached hydrogens (tertiary/aromatic N) is 2. The lowest BCUT2D eigenvalue weighted by atomic mass is 10.1. The molecule has 1 aliphatic heterocycles. The molecule has 1 saturated heterocycles. The lowest BCUT2D eigenvalue weighted by Gasteiger charge is -2.34. The van der Waals surface area contributed by atoms with Gasteiger partial charge in [-0.05, 0) is 54.1 Å². The number of amides is 1. The smallest absolute Gasteiger partial charge is 0.255 e. The first-order valence-corrected chi connectivity index (χ1v) is 12.2. The van der Waals surface area contributed by atoms with Crippen LogP contribution >= 0.6 is 11.6 Å². The van der Waals surface area contributed by atoms with E-state index in [0.717, 1.165) is 5.56 Å². The Morgan fingerprint density at radius 1 is 0.844 bits per heavy atom. The average molecular weight is 470 g/mol. The van der Waals surface area contributed by atoms with Gasteiger partial charge in [-0.15, -0.1) is 0 Å². The van der Waals surface area contributed by atoms with Crippen molar-refractivity contribution in [2.45, 2.75) is 11.4 Å². The van der Waals surface area contributed by atoms with E-state index < -0.39 is 10.0 Å². The van der Waals surface area contributed by atoms with Gasteiger partial charge in [-0.3, -0.25) is 9.69 Å². The Morgan fingerprint density at radius 3 is 2.09 bits per heavy atom. The van der Waals surface area contributed by atoms with Gasteiger partial charge in [-0.2, -0.15) is 4.31 Å². The molecule has 32 heavy (non-hydrogen) atoms. The number of halogens is 1. The summed E-state index contributed by atoms with van der Waals surface area (Å²) < 4.78 is 27.1. The van der Waals surface area contributed by atoms with Gasteiger partial charge in [0.2, 0.25) is 10.0 Å². The number of hydrogen-bond donors (Lipinski definition) is 1. The summed E-state index contributed by atoms with van der Waals surface area (Å²) in [6.07, 6.45) is 0. The fourth-order valence-electron chi connectivity index (χ4n) is 3.63. The molecule has 1 fully saturated rings. The number of benzene rings is 3. The molecule has 0 bridgehead atoms. The predicted octanol–water partition coefficient (Wildman–Crippen LogP) is 4.10. The van der Waals surface area contributed by atoms with Crippen molar-refractivity contribution in [3.05, 3.63) is 95.0 Å². The van der Waals surface area contributed by atoms with Crippen molar-refractivity contribution >= 4 is 33.2 Å². The highest BCUT2D eigenvalue weighted by molar-refractivity contribution is 7.89. The molecule has 4 rings (SSSR count). The number of hydrogen-bond acceptors (Lipinski definition) is 4. The summed E-state index contributed by atoms with van der Waals surface area (Å²) in [7, 11) is -3.45. The third-order valence-electron chi connectivity index (χ3n) is 5.44. The molecule has 0 atom stereocenters. The third kappa shape index (κ3) is 5.37. The maximum Gasteiger partial charge on any atom is 0.255 e. The topological polar surface area (TPSA) is 69.7 Å². The van der Waals surface area contributed by atoms with Crippen molar-refractivity contribution in [2.75, 3.05) is 31.5 Å². The van der Waals surface area contributed by atoms with Crippen LogP contribution in [0.5, 0.6) is 0 Å². The maximum absolute atomic E-state index is 12.8. The summed E-state index contributed by atoms with van der Waals surface area (Å²) in [5.41, 5.74) is 2.33. The minimum Gasteiger partial charge on any atom is -0.322 e. The molecule has 0 aromatic heterocycles. The number of anilines is 1. The number of sulfonamides is 1. The van der Waals surface area contributed by atoms with Crippen LogP contribution in [0.4, 0.5) is 5.69 Å². The van der Waals surface area contributed by atoms with E-state index in [1.807, 2.05) is 18.2 Å². The third-order valence-corrected chi connectivity index (χ3v) is 7.60. The summed E-state index contributed by atoms with van der Waals surface area (Å²) in [4.78, 5) is 15.0. The Kier molecular flexibility index (Phi) is 6.91. The quantitative estimate of drug-likeness (QED) is 0.590. The molecule has 3 aromatic rings. The molecule has 3 aromatic carbocycles. The van der Waals surface area contributed by atoms with Gasteiger partial charge in [0.25, 0.3) is 5.91 Å². The van der Waals surface area contributed by atoms with Gasteiger partial charge < -0.3 is 5.32 Å². The lowest BCUT2D eigenvalue weighted by Crippen LogP contribution is -2.48. The Hall–Kier alpha value is -2.71. The molecule has 0 unspecified atom stereocenters. The molecular weight excluding hydrogens is 446 g/mol. The molecule has 6 nitrogen and oxygen atoms in total. The van der Waals surface area contributed by atoms with E-state index in [1.165, 1.54) is 0 Å². The van der Waals surface area contributed by atoms with Crippen LogP contribution in [0.25, 0.3) is 0 Å². The number of nitrogens with one attached hydrogen (secondary N) is 1. The molecule has 1 N–H and O–H groups in total. The summed E-state index contributed by atoms with van der Waals surface area (Å²) >= 11 is 5.87. The van der Waals surface area contributed by atoms with Gasteiger partial charge in [0.1, 0.15) is 0 Å². The highest BCUT2D eigenvalue weighted by Gasteiger charge is 2.28. The van der Waals surface area contributed by atoms with Crippen molar-refractivity contribution in [3.8, 4) is 0 Å². The van der Waals surface area contributed by atoms with Crippen molar-refractivity contribution in [1.29, 1.82) is 0 Å². The zero-order chi connectivity index (χ0) is 22.6. The van der Waals surface area contributed by atoms with Gasteiger partial charge >= 0.3 is 0 Å². The first-order chi connectivity index (χ1) is 15.4. The van der Waals surface area contributed by atoms with E-state index in [2.05, 4.69) is 10.2 Å². The summed E-state index contributed by atoms with van der Waals surface area (Å²) in [5.74, 6) is -0.182. The molecule has 1 amide bonds. The van der Waals surface area contributed by atoms with Crippen LogP contribution in [0.15, 0.2) is 83.8 Å². The largest absolute Gasteiger partial charge is 0.322 e. The van der Waals surface area contributed by atoms with E-state index >= 15 is 0 Å². The van der Waals surface area contributed by atoms with Gasteiger partial charge in [0.05, 0.1) is 4.90 Å². The molecule has 0 radical (unpaired) electrons. The number of carbonyl (C=O) groups excluding carboxylic acids is 1. The fraction of sp³-hybridized carbons (Fsp3) is 0.208. The second kappa shape index (κ2) is 9.83. The Balaban J connectivity index is 1.31. The highest BCUT2D eigenvalue weighted by Crippen LogP contribution is 2.19. The molecule has 166 valence electrons. The number of piperazine rings is 1. The van der Waals surface area contributed by atoms with Crippen LogP contribution in [-0.2, 0) is 16.6 Å². The maximum atomic E-state index is 12.8. The Labute approximate surface area is 193 Å². The van der Waals surface area contributed by atoms with Crippen molar-refractivity contribution in [2.24, 2.45) is 0 Å². The van der Waals surface area contributed by atoms with E-state index in [9.17, 15) is 13.2 Å². The van der Waals surface area contributed by atoms with Crippen molar-refractivity contribution in [1.82, 2.24) is 9.21 Å². The molecule has 1 aliphatic rings. The summed E-state index contributed by atoms with van der Waals surface area (Å²) in [5, 5.41) is 3.46. The predicted molar refractivity (Wildman–Crippen MR) is 126 cm³/mol. The van der Waals surface area contributed by atoms with Gasteiger partial charge in [-0.25, -0.2) is 8.42 Å². The number of carbonyl (C=O) groups is 1. The van der Waals surface area contributed by atoms with Crippen LogP contribution in [0.2, 0.25) is 5.02 Å².